The standard InChI is InChI=1S/C25H35NO2/c1-15(2)9-18-12-19(10-16(3)4)21-14-20(11-17(5)6)25(22(21)13-18)26-23(27)7-8-24(26)28/h7-8,12-13,15-17,20,25H,9-11,14H2,1-6H3/t20-,25-/m0/s1. The van der Waals surface area contributed by atoms with Crippen molar-refractivity contribution in [3.05, 3.63) is 46.5 Å². The number of hydrogen-bond acceptors (Lipinski definition) is 2. The first kappa shape index (κ1) is 20.8. The number of amides is 2. The van der Waals surface area contributed by atoms with Crippen LogP contribution in [0.3, 0.4) is 0 Å². The van der Waals surface area contributed by atoms with Crippen LogP contribution in [0.15, 0.2) is 24.3 Å². The Kier molecular flexibility index (Phi) is 6.12. The second kappa shape index (κ2) is 8.23. The van der Waals surface area contributed by atoms with Gasteiger partial charge in [-0.3, -0.25) is 14.5 Å². The zero-order chi connectivity index (χ0) is 20.6. The monoisotopic (exact) mass is 381 g/mol. The van der Waals surface area contributed by atoms with Gasteiger partial charge in [-0.2, -0.15) is 0 Å². The number of rotatable bonds is 7. The summed E-state index contributed by atoms with van der Waals surface area (Å²) in [6.45, 7) is 13.5. The van der Waals surface area contributed by atoms with Crippen molar-refractivity contribution >= 4 is 11.8 Å². The molecule has 3 heteroatoms. The lowest BCUT2D eigenvalue weighted by molar-refractivity contribution is -0.140. The highest BCUT2D eigenvalue weighted by molar-refractivity contribution is 6.13. The molecule has 1 aliphatic heterocycles. The second-order valence-electron chi connectivity index (χ2n) is 9.94. The summed E-state index contributed by atoms with van der Waals surface area (Å²) < 4.78 is 0. The number of hydrogen-bond donors (Lipinski definition) is 0. The number of fused-ring (bicyclic) bond motifs is 1. The quantitative estimate of drug-likeness (QED) is 0.604. The van der Waals surface area contributed by atoms with Crippen LogP contribution in [0.4, 0.5) is 0 Å². The zero-order valence-electron chi connectivity index (χ0n) is 18.3. The minimum absolute atomic E-state index is 0.120. The van der Waals surface area contributed by atoms with Gasteiger partial charge in [0.25, 0.3) is 11.8 Å². The van der Waals surface area contributed by atoms with Crippen LogP contribution in [0.5, 0.6) is 0 Å². The van der Waals surface area contributed by atoms with E-state index in [0.29, 0.717) is 23.7 Å². The third-order valence-corrected chi connectivity index (χ3v) is 5.84. The van der Waals surface area contributed by atoms with Crippen LogP contribution >= 0.6 is 0 Å². The molecule has 0 bridgehead atoms. The van der Waals surface area contributed by atoms with Gasteiger partial charge in [0.05, 0.1) is 6.04 Å². The maximum absolute atomic E-state index is 12.6. The summed E-state index contributed by atoms with van der Waals surface area (Å²) in [4.78, 5) is 26.6. The summed E-state index contributed by atoms with van der Waals surface area (Å²) >= 11 is 0. The van der Waals surface area contributed by atoms with Gasteiger partial charge in [-0.05, 0) is 71.6 Å². The maximum Gasteiger partial charge on any atom is 0.254 e. The predicted octanol–water partition coefficient (Wildman–Crippen LogP) is 5.27. The van der Waals surface area contributed by atoms with Gasteiger partial charge in [0, 0.05) is 12.2 Å². The van der Waals surface area contributed by atoms with Crippen LogP contribution in [-0.2, 0) is 28.9 Å². The lowest BCUT2D eigenvalue weighted by Gasteiger charge is -2.30. The van der Waals surface area contributed by atoms with Crippen molar-refractivity contribution in [3.8, 4) is 0 Å². The molecule has 28 heavy (non-hydrogen) atoms. The van der Waals surface area contributed by atoms with Crippen molar-refractivity contribution in [3.63, 3.8) is 0 Å². The zero-order valence-corrected chi connectivity index (χ0v) is 18.3. The highest BCUT2D eigenvalue weighted by atomic mass is 16.2. The summed E-state index contributed by atoms with van der Waals surface area (Å²) in [5.74, 6) is 1.69. The Morgan fingerprint density at radius 1 is 0.893 bits per heavy atom. The lowest BCUT2D eigenvalue weighted by Crippen LogP contribution is -2.37. The maximum atomic E-state index is 12.6. The summed E-state index contributed by atoms with van der Waals surface area (Å²) in [6.07, 6.45) is 6.94. The molecule has 0 fully saturated rings. The van der Waals surface area contributed by atoms with Crippen molar-refractivity contribution in [1.29, 1.82) is 0 Å². The van der Waals surface area contributed by atoms with Crippen molar-refractivity contribution in [2.24, 2.45) is 23.7 Å². The van der Waals surface area contributed by atoms with E-state index >= 15 is 0 Å². The molecular formula is C25H35NO2. The van der Waals surface area contributed by atoms with Crippen molar-refractivity contribution in [2.45, 2.75) is 73.3 Å². The van der Waals surface area contributed by atoms with Crippen LogP contribution in [0.1, 0.15) is 76.3 Å². The summed E-state index contributed by atoms with van der Waals surface area (Å²) in [5, 5.41) is 0. The molecule has 2 amide bonds. The van der Waals surface area contributed by atoms with E-state index < -0.39 is 0 Å². The van der Waals surface area contributed by atoms with Gasteiger partial charge in [0.15, 0.2) is 0 Å². The summed E-state index contributed by atoms with van der Waals surface area (Å²) in [7, 11) is 0. The van der Waals surface area contributed by atoms with Gasteiger partial charge in [-0.25, -0.2) is 0 Å². The van der Waals surface area contributed by atoms with Gasteiger partial charge in [0.2, 0.25) is 0 Å². The third kappa shape index (κ3) is 4.24. The Labute approximate surface area is 170 Å². The molecule has 1 aromatic carbocycles. The van der Waals surface area contributed by atoms with Gasteiger partial charge in [-0.15, -0.1) is 0 Å². The molecular weight excluding hydrogens is 346 g/mol. The molecule has 0 spiro atoms. The first-order valence-electron chi connectivity index (χ1n) is 10.9. The topological polar surface area (TPSA) is 37.4 Å². The van der Waals surface area contributed by atoms with E-state index in [1.165, 1.54) is 39.3 Å². The number of carbonyl (C=O) groups excluding carboxylic acids is 2. The summed E-state index contributed by atoms with van der Waals surface area (Å²) in [6, 6.07) is 4.56. The number of benzene rings is 1. The van der Waals surface area contributed by atoms with E-state index in [-0.39, 0.29) is 17.9 Å². The number of imide groups is 1. The average molecular weight is 382 g/mol. The van der Waals surface area contributed by atoms with E-state index in [2.05, 4.69) is 53.7 Å². The van der Waals surface area contributed by atoms with Crippen molar-refractivity contribution in [1.82, 2.24) is 4.90 Å². The summed E-state index contributed by atoms with van der Waals surface area (Å²) in [5.41, 5.74) is 5.38. The fourth-order valence-corrected chi connectivity index (χ4v) is 5.03. The van der Waals surface area contributed by atoms with E-state index in [4.69, 9.17) is 0 Å². The molecule has 2 aliphatic rings. The molecule has 0 saturated heterocycles. The van der Waals surface area contributed by atoms with Crippen LogP contribution in [0.25, 0.3) is 0 Å². The highest BCUT2D eigenvalue weighted by Crippen LogP contribution is 2.46. The first-order valence-corrected chi connectivity index (χ1v) is 10.9. The molecule has 2 atom stereocenters. The van der Waals surface area contributed by atoms with Crippen LogP contribution in [0.2, 0.25) is 0 Å². The molecule has 0 aromatic heterocycles. The van der Waals surface area contributed by atoms with E-state index in [1.54, 1.807) is 0 Å². The van der Waals surface area contributed by atoms with E-state index in [0.717, 1.165) is 25.7 Å². The molecule has 1 heterocycles. The average Bonchev–Trinajstić information content (AvgIpc) is 3.06. The minimum Gasteiger partial charge on any atom is -0.269 e. The van der Waals surface area contributed by atoms with Crippen molar-refractivity contribution in [2.75, 3.05) is 0 Å². The molecule has 3 nitrogen and oxygen atoms in total. The largest absolute Gasteiger partial charge is 0.269 e. The Morgan fingerprint density at radius 2 is 1.50 bits per heavy atom. The Morgan fingerprint density at radius 3 is 2.04 bits per heavy atom. The van der Waals surface area contributed by atoms with Crippen LogP contribution in [-0.4, -0.2) is 16.7 Å². The lowest BCUT2D eigenvalue weighted by atomic mass is 9.89. The Hall–Kier alpha value is -1.90. The highest BCUT2D eigenvalue weighted by Gasteiger charge is 2.43. The normalized spacial score (nSPS) is 21.7. The molecule has 0 unspecified atom stereocenters. The first-order chi connectivity index (χ1) is 13.2. The Bertz CT molecular complexity index is 770. The van der Waals surface area contributed by atoms with E-state index in [9.17, 15) is 9.59 Å². The molecule has 0 radical (unpaired) electrons. The Balaban J connectivity index is 2.10. The fraction of sp³-hybridized carbons (Fsp3) is 0.600. The SMILES string of the molecule is CC(C)Cc1cc(CC(C)C)c2c(c1)[C@@H](N1C(=O)C=CC1=O)[C@@H](CC(C)C)C2. The minimum atomic E-state index is -0.156. The van der Waals surface area contributed by atoms with Gasteiger partial charge < -0.3 is 0 Å². The van der Waals surface area contributed by atoms with Gasteiger partial charge in [-0.1, -0.05) is 53.7 Å². The molecule has 152 valence electrons. The predicted molar refractivity (Wildman–Crippen MR) is 114 cm³/mol. The van der Waals surface area contributed by atoms with Crippen molar-refractivity contribution < 1.29 is 9.59 Å². The fourth-order valence-electron chi connectivity index (χ4n) is 5.03. The van der Waals surface area contributed by atoms with Gasteiger partial charge in [0.1, 0.15) is 0 Å². The molecule has 1 aliphatic carbocycles. The second-order valence-corrected chi connectivity index (χ2v) is 9.94. The molecule has 0 N–H and O–H groups in total. The van der Waals surface area contributed by atoms with Crippen LogP contribution < -0.4 is 0 Å². The third-order valence-electron chi connectivity index (χ3n) is 5.84. The number of nitrogens with zero attached hydrogens (tertiary/aromatic N) is 1. The van der Waals surface area contributed by atoms with Gasteiger partial charge >= 0.3 is 0 Å². The van der Waals surface area contributed by atoms with Crippen LogP contribution in [0, 0.1) is 23.7 Å². The van der Waals surface area contributed by atoms with E-state index in [1.807, 2.05) is 0 Å². The smallest absolute Gasteiger partial charge is 0.254 e. The number of carbonyl (C=O) groups is 2. The molecule has 1 aromatic rings. The molecule has 0 saturated carbocycles. The molecule has 3 rings (SSSR count).